The van der Waals surface area contributed by atoms with Crippen molar-refractivity contribution in [3.05, 3.63) is 114 Å². The molecule has 0 radical (unpaired) electrons. The summed E-state index contributed by atoms with van der Waals surface area (Å²) in [4.78, 5) is 19.3. The molecule has 0 bridgehead atoms. The van der Waals surface area contributed by atoms with Crippen LogP contribution >= 0.6 is 0 Å². The van der Waals surface area contributed by atoms with Gasteiger partial charge in [0.1, 0.15) is 11.8 Å². The molecule has 1 saturated heterocycles. The fourth-order valence-electron chi connectivity index (χ4n) is 4.39. The minimum Gasteiger partial charge on any atom is -0.367 e. The van der Waals surface area contributed by atoms with Gasteiger partial charge >= 0.3 is 0 Å². The van der Waals surface area contributed by atoms with E-state index in [0.29, 0.717) is 19.6 Å². The molecule has 0 saturated carbocycles. The van der Waals surface area contributed by atoms with Gasteiger partial charge in [-0.1, -0.05) is 60.7 Å². The van der Waals surface area contributed by atoms with E-state index in [1.165, 1.54) is 0 Å². The van der Waals surface area contributed by atoms with Crippen LogP contribution in [0.3, 0.4) is 0 Å². The summed E-state index contributed by atoms with van der Waals surface area (Å²) in [6.45, 7) is 3.75. The van der Waals surface area contributed by atoms with Gasteiger partial charge in [0.15, 0.2) is 0 Å². The van der Waals surface area contributed by atoms with Crippen molar-refractivity contribution in [1.82, 2.24) is 19.7 Å². The van der Waals surface area contributed by atoms with Crippen molar-refractivity contribution in [3.8, 4) is 11.3 Å². The average Bonchev–Trinajstić information content (AvgIpc) is 3.31. The highest BCUT2D eigenvalue weighted by Crippen LogP contribution is 2.26. The van der Waals surface area contributed by atoms with E-state index in [1.807, 2.05) is 89.4 Å². The number of benzene rings is 2. The molecule has 35 heavy (non-hydrogen) atoms. The Kier molecular flexibility index (Phi) is 6.82. The molecule has 1 fully saturated rings. The Morgan fingerprint density at radius 2 is 1.80 bits per heavy atom. The maximum Gasteiger partial charge on any atom is 0.246 e. The van der Waals surface area contributed by atoms with E-state index in [1.54, 1.807) is 18.5 Å². The molecule has 2 aromatic carbocycles. The Balaban J connectivity index is 1.37. The Labute approximate surface area is 205 Å². The first-order valence-electron chi connectivity index (χ1n) is 11.8. The molecule has 5 rings (SSSR count). The van der Waals surface area contributed by atoms with Gasteiger partial charge in [-0.15, -0.1) is 0 Å². The van der Waals surface area contributed by atoms with Crippen LogP contribution in [0.2, 0.25) is 0 Å². The van der Waals surface area contributed by atoms with Crippen molar-refractivity contribution in [1.29, 1.82) is 0 Å². The maximum atomic E-state index is 13.2. The minimum atomic E-state index is -0.128. The van der Waals surface area contributed by atoms with Gasteiger partial charge in [0.2, 0.25) is 5.91 Å². The lowest BCUT2D eigenvalue weighted by molar-refractivity contribution is -0.139. The Hall–Kier alpha value is -4.03. The number of carbonyl (C=O) groups excluding carboxylic acids is 1. The molecule has 6 heteroatoms. The zero-order chi connectivity index (χ0) is 24.0. The SMILES string of the molecule is CC1CN(C(=O)/C=C/c2cn(Cc3ccccc3)nc2-c2cccnc2)CC(c2ccccc2)O1. The van der Waals surface area contributed by atoms with Crippen LogP contribution in [-0.4, -0.2) is 44.8 Å². The third-order valence-electron chi connectivity index (χ3n) is 6.06. The van der Waals surface area contributed by atoms with Crippen LogP contribution in [0.5, 0.6) is 0 Å². The van der Waals surface area contributed by atoms with Crippen molar-refractivity contribution < 1.29 is 9.53 Å². The number of morpholine rings is 1. The van der Waals surface area contributed by atoms with Gasteiger partial charge in [-0.2, -0.15) is 5.10 Å². The number of amides is 1. The molecule has 4 aromatic rings. The highest BCUT2D eigenvalue weighted by molar-refractivity contribution is 5.93. The summed E-state index contributed by atoms with van der Waals surface area (Å²) < 4.78 is 8.02. The maximum absolute atomic E-state index is 13.2. The number of ether oxygens (including phenoxy) is 1. The molecule has 6 nitrogen and oxygen atoms in total. The zero-order valence-corrected chi connectivity index (χ0v) is 19.7. The summed E-state index contributed by atoms with van der Waals surface area (Å²) in [7, 11) is 0. The number of rotatable bonds is 6. The van der Waals surface area contributed by atoms with Crippen molar-refractivity contribution >= 4 is 12.0 Å². The lowest BCUT2D eigenvalue weighted by Crippen LogP contribution is -2.45. The van der Waals surface area contributed by atoms with Crippen LogP contribution in [0.4, 0.5) is 0 Å². The van der Waals surface area contributed by atoms with Crippen LogP contribution in [0, 0.1) is 0 Å². The monoisotopic (exact) mass is 464 g/mol. The van der Waals surface area contributed by atoms with E-state index in [4.69, 9.17) is 9.84 Å². The Morgan fingerprint density at radius 1 is 1.03 bits per heavy atom. The summed E-state index contributed by atoms with van der Waals surface area (Å²) in [6.07, 6.45) is 8.85. The second kappa shape index (κ2) is 10.5. The van der Waals surface area contributed by atoms with Crippen LogP contribution in [0.1, 0.15) is 29.7 Å². The molecule has 1 amide bonds. The Bertz CT molecular complexity index is 1290. The van der Waals surface area contributed by atoms with Crippen LogP contribution in [0.25, 0.3) is 17.3 Å². The van der Waals surface area contributed by atoms with Crippen molar-refractivity contribution in [2.45, 2.75) is 25.7 Å². The van der Waals surface area contributed by atoms with Gasteiger partial charge in [0.05, 0.1) is 19.2 Å². The van der Waals surface area contributed by atoms with Gasteiger partial charge in [-0.25, -0.2) is 0 Å². The number of pyridine rings is 1. The quantitative estimate of drug-likeness (QED) is 0.377. The Morgan fingerprint density at radius 3 is 2.54 bits per heavy atom. The second-order valence-corrected chi connectivity index (χ2v) is 8.78. The van der Waals surface area contributed by atoms with E-state index in [9.17, 15) is 4.79 Å². The summed E-state index contributed by atoms with van der Waals surface area (Å²) in [5.74, 6) is -0.0333. The van der Waals surface area contributed by atoms with Crippen molar-refractivity contribution in [2.75, 3.05) is 13.1 Å². The van der Waals surface area contributed by atoms with E-state index < -0.39 is 0 Å². The third kappa shape index (κ3) is 5.55. The van der Waals surface area contributed by atoms with Crippen LogP contribution < -0.4 is 0 Å². The molecule has 2 unspecified atom stereocenters. The molecule has 0 aliphatic carbocycles. The second-order valence-electron chi connectivity index (χ2n) is 8.78. The smallest absolute Gasteiger partial charge is 0.246 e. The number of hydrogen-bond donors (Lipinski definition) is 0. The predicted molar refractivity (Wildman–Crippen MR) is 136 cm³/mol. The fourth-order valence-corrected chi connectivity index (χ4v) is 4.39. The largest absolute Gasteiger partial charge is 0.367 e. The minimum absolute atomic E-state index is 0.0333. The summed E-state index contributed by atoms with van der Waals surface area (Å²) in [5.41, 5.74) is 4.84. The summed E-state index contributed by atoms with van der Waals surface area (Å²) in [5, 5.41) is 4.81. The highest BCUT2D eigenvalue weighted by Gasteiger charge is 2.28. The molecule has 0 spiro atoms. The van der Waals surface area contributed by atoms with E-state index in [2.05, 4.69) is 17.1 Å². The lowest BCUT2D eigenvalue weighted by Gasteiger charge is -2.36. The first-order chi connectivity index (χ1) is 17.2. The topological polar surface area (TPSA) is 60.2 Å². The van der Waals surface area contributed by atoms with Gasteiger partial charge in [0.25, 0.3) is 0 Å². The molecule has 1 aliphatic heterocycles. The van der Waals surface area contributed by atoms with Crippen LogP contribution in [0.15, 0.2) is 97.5 Å². The number of hydrogen-bond acceptors (Lipinski definition) is 4. The number of nitrogens with zero attached hydrogens (tertiary/aromatic N) is 4. The van der Waals surface area contributed by atoms with E-state index >= 15 is 0 Å². The summed E-state index contributed by atoms with van der Waals surface area (Å²) in [6, 6.07) is 24.1. The molecule has 3 heterocycles. The highest BCUT2D eigenvalue weighted by atomic mass is 16.5. The molecule has 2 atom stereocenters. The molecular formula is C29H28N4O2. The van der Waals surface area contributed by atoms with Crippen molar-refractivity contribution in [3.63, 3.8) is 0 Å². The first-order valence-corrected chi connectivity index (χ1v) is 11.8. The molecule has 0 N–H and O–H groups in total. The number of aromatic nitrogens is 3. The van der Waals surface area contributed by atoms with Crippen molar-refractivity contribution in [2.24, 2.45) is 0 Å². The van der Waals surface area contributed by atoms with Gasteiger partial charge < -0.3 is 9.64 Å². The molecule has 176 valence electrons. The standard InChI is InChI=1S/C29H28N4O2/c1-22-18-32(21-27(35-22)24-11-6-3-7-12-24)28(34)15-14-26-20-33(19-23-9-4-2-5-10-23)31-29(26)25-13-8-16-30-17-25/h2-17,20,22,27H,18-19,21H2,1H3/b15-14+. The molecular weight excluding hydrogens is 436 g/mol. The van der Waals surface area contributed by atoms with E-state index in [0.717, 1.165) is 27.9 Å². The average molecular weight is 465 g/mol. The summed E-state index contributed by atoms with van der Waals surface area (Å²) >= 11 is 0. The van der Waals surface area contributed by atoms with E-state index in [-0.39, 0.29) is 18.1 Å². The van der Waals surface area contributed by atoms with Gasteiger partial charge in [-0.3, -0.25) is 14.5 Å². The predicted octanol–water partition coefficient (Wildman–Crippen LogP) is 5.00. The first kappa shape index (κ1) is 22.7. The fraction of sp³-hybridized carbons (Fsp3) is 0.207. The normalized spacial score (nSPS) is 18.1. The van der Waals surface area contributed by atoms with Gasteiger partial charge in [0, 0.05) is 42.3 Å². The van der Waals surface area contributed by atoms with Gasteiger partial charge in [-0.05, 0) is 36.3 Å². The zero-order valence-electron chi connectivity index (χ0n) is 19.7. The third-order valence-corrected chi connectivity index (χ3v) is 6.06. The van der Waals surface area contributed by atoms with Crippen LogP contribution in [-0.2, 0) is 16.1 Å². The lowest BCUT2D eigenvalue weighted by atomic mass is 10.1. The number of carbonyl (C=O) groups is 1. The molecule has 1 aliphatic rings. The molecule has 2 aromatic heterocycles.